The summed E-state index contributed by atoms with van der Waals surface area (Å²) in [5, 5.41) is 16.4. The molecule has 1 atom stereocenters. The number of hydroxylamine groups is 1. The average Bonchev–Trinajstić information content (AvgIpc) is 3.18. The van der Waals surface area contributed by atoms with Crippen LogP contribution in [-0.4, -0.2) is 21.8 Å². The number of aryl methyl sites for hydroxylation is 1. The lowest BCUT2D eigenvalue weighted by atomic mass is 9.82. The summed E-state index contributed by atoms with van der Waals surface area (Å²) in [5.74, 6) is -1.33. The van der Waals surface area contributed by atoms with Crippen molar-refractivity contribution in [1.82, 2.24) is 10.3 Å². The van der Waals surface area contributed by atoms with E-state index in [9.17, 15) is 5.21 Å². The molecule has 0 saturated carbocycles. The Labute approximate surface area is 191 Å². The van der Waals surface area contributed by atoms with Gasteiger partial charge < -0.3 is 10.3 Å². The molecule has 170 valence electrons. The molecule has 6 heteroatoms. The molecular formula is C27H27F2N3O. The normalized spacial score (nSPS) is 17.4. The van der Waals surface area contributed by atoms with Gasteiger partial charge in [-0.3, -0.25) is 5.21 Å². The molecule has 0 saturated heterocycles. The maximum atomic E-state index is 16.0. The summed E-state index contributed by atoms with van der Waals surface area (Å²) in [6.07, 6.45) is 2.16. The van der Waals surface area contributed by atoms with Gasteiger partial charge in [-0.1, -0.05) is 48.5 Å². The number of aromatic amines is 1. The molecule has 0 unspecified atom stereocenters. The van der Waals surface area contributed by atoms with Crippen LogP contribution in [0.1, 0.15) is 30.5 Å². The number of benzene rings is 3. The summed E-state index contributed by atoms with van der Waals surface area (Å²) in [7, 11) is 0. The van der Waals surface area contributed by atoms with Gasteiger partial charge in [0.25, 0.3) is 0 Å². The lowest BCUT2D eigenvalue weighted by Crippen LogP contribution is -2.60. The molecule has 2 heterocycles. The van der Waals surface area contributed by atoms with Gasteiger partial charge in [0, 0.05) is 41.4 Å². The van der Waals surface area contributed by atoms with Crippen LogP contribution in [0.3, 0.4) is 0 Å². The van der Waals surface area contributed by atoms with Crippen LogP contribution >= 0.6 is 0 Å². The molecule has 1 aromatic heterocycles. The van der Waals surface area contributed by atoms with Gasteiger partial charge in [-0.2, -0.15) is 0 Å². The number of nitrogens with one attached hydrogen (secondary N) is 2. The SMILES string of the molecule is Cc1c[nH]c2c(-c3c(F)cc4c(c3F)C[C@H](NCc3ccccc3)C(C)(C)N4O)cccc12. The Hall–Kier alpha value is -3.22. The van der Waals surface area contributed by atoms with Gasteiger partial charge in [0.05, 0.1) is 22.3 Å². The first-order chi connectivity index (χ1) is 15.8. The van der Waals surface area contributed by atoms with Gasteiger partial charge in [-0.05, 0) is 38.3 Å². The zero-order valence-electron chi connectivity index (χ0n) is 18.9. The fourth-order valence-corrected chi connectivity index (χ4v) is 4.85. The molecule has 0 spiro atoms. The molecule has 0 fully saturated rings. The van der Waals surface area contributed by atoms with Crippen LogP contribution in [0.2, 0.25) is 0 Å². The van der Waals surface area contributed by atoms with E-state index in [0.29, 0.717) is 29.6 Å². The summed E-state index contributed by atoms with van der Waals surface area (Å²) < 4.78 is 31.3. The fourth-order valence-electron chi connectivity index (χ4n) is 4.85. The highest BCUT2D eigenvalue weighted by molar-refractivity contribution is 5.96. The lowest BCUT2D eigenvalue weighted by molar-refractivity contribution is 0.126. The number of hydrogen-bond donors (Lipinski definition) is 3. The Kier molecular flexibility index (Phi) is 5.22. The number of fused-ring (bicyclic) bond motifs is 2. The Bertz CT molecular complexity index is 1330. The molecule has 4 nitrogen and oxygen atoms in total. The van der Waals surface area contributed by atoms with E-state index in [1.165, 1.54) is 6.07 Å². The monoisotopic (exact) mass is 447 g/mol. The molecule has 0 bridgehead atoms. The van der Waals surface area contributed by atoms with Gasteiger partial charge in [-0.15, -0.1) is 0 Å². The van der Waals surface area contributed by atoms with Crippen molar-refractivity contribution in [3.63, 3.8) is 0 Å². The molecule has 0 radical (unpaired) electrons. The summed E-state index contributed by atoms with van der Waals surface area (Å²) in [6, 6.07) is 16.4. The van der Waals surface area contributed by atoms with E-state index < -0.39 is 17.2 Å². The van der Waals surface area contributed by atoms with Crippen molar-refractivity contribution in [2.24, 2.45) is 0 Å². The molecule has 3 aromatic carbocycles. The van der Waals surface area contributed by atoms with Crippen molar-refractivity contribution in [2.45, 2.75) is 45.3 Å². The van der Waals surface area contributed by atoms with E-state index in [1.54, 1.807) is 6.07 Å². The number of aromatic nitrogens is 1. The Morgan fingerprint density at radius 3 is 2.64 bits per heavy atom. The summed E-state index contributed by atoms with van der Waals surface area (Å²) in [4.78, 5) is 3.15. The van der Waals surface area contributed by atoms with E-state index in [2.05, 4.69) is 10.3 Å². The van der Waals surface area contributed by atoms with E-state index >= 15 is 8.78 Å². The minimum Gasteiger partial charge on any atom is -0.360 e. The maximum absolute atomic E-state index is 16.0. The van der Waals surface area contributed by atoms with Crippen molar-refractivity contribution in [3.8, 4) is 11.1 Å². The molecule has 0 aliphatic carbocycles. The second-order valence-electron chi connectivity index (χ2n) is 9.33. The third-order valence-electron chi connectivity index (χ3n) is 6.92. The quantitative estimate of drug-likeness (QED) is 0.354. The second-order valence-corrected chi connectivity index (χ2v) is 9.33. The van der Waals surface area contributed by atoms with Crippen LogP contribution in [0.5, 0.6) is 0 Å². The van der Waals surface area contributed by atoms with Gasteiger partial charge in [0.15, 0.2) is 0 Å². The molecule has 5 rings (SSSR count). The zero-order valence-corrected chi connectivity index (χ0v) is 18.9. The van der Waals surface area contributed by atoms with Crippen molar-refractivity contribution in [1.29, 1.82) is 0 Å². The second kappa shape index (κ2) is 7.97. The van der Waals surface area contributed by atoms with Crippen LogP contribution in [0.4, 0.5) is 14.5 Å². The van der Waals surface area contributed by atoms with E-state index in [0.717, 1.165) is 21.6 Å². The highest BCUT2D eigenvalue weighted by atomic mass is 19.1. The summed E-state index contributed by atoms with van der Waals surface area (Å²) >= 11 is 0. The molecule has 33 heavy (non-hydrogen) atoms. The molecular weight excluding hydrogens is 420 g/mol. The highest BCUT2D eigenvalue weighted by Crippen LogP contribution is 2.42. The van der Waals surface area contributed by atoms with E-state index in [4.69, 9.17) is 0 Å². The van der Waals surface area contributed by atoms with Crippen LogP contribution in [0.25, 0.3) is 22.0 Å². The number of rotatable bonds is 4. The summed E-state index contributed by atoms with van der Waals surface area (Å²) in [5.41, 5.74) is 2.92. The third kappa shape index (κ3) is 3.50. The number of anilines is 1. The van der Waals surface area contributed by atoms with Crippen LogP contribution < -0.4 is 10.4 Å². The average molecular weight is 448 g/mol. The van der Waals surface area contributed by atoms with Crippen molar-refractivity contribution < 1.29 is 14.0 Å². The minimum atomic E-state index is -0.765. The fraction of sp³-hybridized carbons (Fsp3) is 0.259. The number of H-pyrrole nitrogens is 1. The van der Waals surface area contributed by atoms with Crippen molar-refractivity contribution in [3.05, 3.63) is 89.1 Å². The van der Waals surface area contributed by atoms with Crippen LogP contribution in [-0.2, 0) is 13.0 Å². The van der Waals surface area contributed by atoms with Gasteiger partial charge in [0.2, 0.25) is 0 Å². The topological polar surface area (TPSA) is 51.3 Å². The van der Waals surface area contributed by atoms with Gasteiger partial charge >= 0.3 is 0 Å². The Morgan fingerprint density at radius 1 is 1.12 bits per heavy atom. The first-order valence-electron chi connectivity index (χ1n) is 11.1. The molecule has 1 aliphatic rings. The first kappa shape index (κ1) is 21.6. The Balaban J connectivity index is 1.58. The van der Waals surface area contributed by atoms with Crippen LogP contribution in [0, 0.1) is 18.6 Å². The smallest absolute Gasteiger partial charge is 0.139 e. The summed E-state index contributed by atoms with van der Waals surface area (Å²) in [6.45, 7) is 6.27. The standard InChI is InChI=1S/C27H27F2N3O/c1-16-14-31-26-18(16)10-7-11-19(26)24-21(28)13-22-20(25(24)29)12-23(27(2,3)32(22)33)30-15-17-8-5-4-6-9-17/h4-11,13-14,23,30-31,33H,12,15H2,1-3H3/t23-/m0/s1. The highest BCUT2D eigenvalue weighted by Gasteiger charge is 2.42. The number of para-hydroxylation sites is 1. The lowest BCUT2D eigenvalue weighted by Gasteiger charge is -2.46. The number of nitrogens with zero attached hydrogens (tertiary/aromatic N) is 1. The Morgan fingerprint density at radius 2 is 1.88 bits per heavy atom. The number of hydrogen-bond acceptors (Lipinski definition) is 3. The predicted octanol–water partition coefficient (Wildman–Crippen LogP) is 6.11. The molecule has 4 aromatic rings. The molecule has 1 aliphatic heterocycles. The number of halogens is 2. The maximum Gasteiger partial charge on any atom is 0.139 e. The first-order valence-corrected chi connectivity index (χ1v) is 11.1. The third-order valence-corrected chi connectivity index (χ3v) is 6.92. The van der Waals surface area contributed by atoms with Crippen molar-refractivity contribution in [2.75, 3.05) is 5.06 Å². The van der Waals surface area contributed by atoms with Crippen molar-refractivity contribution >= 4 is 16.6 Å². The zero-order chi connectivity index (χ0) is 23.3. The minimum absolute atomic E-state index is 0.0730. The molecule has 3 N–H and O–H groups in total. The van der Waals surface area contributed by atoms with E-state index in [-0.39, 0.29) is 17.3 Å². The van der Waals surface area contributed by atoms with Crippen LogP contribution in [0.15, 0.2) is 60.8 Å². The molecule has 0 amide bonds. The largest absolute Gasteiger partial charge is 0.360 e. The van der Waals surface area contributed by atoms with Gasteiger partial charge in [0.1, 0.15) is 11.6 Å². The van der Waals surface area contributed by atoms with E-state index in [1.807, 2.05) is 69.4 Å². The predicted molar refractivity (Wildman–Crippen MR) is 128 cm³/mol. The van der Waals surface area contributed by atoms with Gasteiger partial charge in [-0.25, -0.2) is 13.8 Å².